The van der Waals surface area contributed by atoms with E-state index in [4.69, 9.17) is 23.7 Å². The molecule has 2 amide bonds. The molecule has 4 atom stereocenters. The average molecular weight is 660 g/mol. The Balaban J connectivity index is 1.07. The maximum atomic E-state index is 12.7. The van der Waals surface area contributed by atoms with Crippen molar-refractivity contribution in [2.24, 2.45) is 0 Å². The number of piperidine rings is 1. The number of nitrogens with zero attached hydrogens (tertiary/aromatic N) is 1. The number of likely N-dealkylation sites (tertiary alicyclic amines) is 1. The molecule has 3 saturated heterocycles. The van der Waals surface area contributed by atoms with Crippen molar-refractivity contribution in [3.8, 4) is 0 Å². The first kappa shape index (κ1) is 34.0. The molecule has 3 aromatic carbocycles. The van der Waals surface area contributed by atoms with Crippen molar-refractivity contribution in [2.75, 3.05) is 40.0 Å². The fourth-order valence-electron chi connectivity index (χ4n) is 6.55. The minimum Gasteiger partial charge on any atom is -0.467 e. The fourth-order valence-corrected chi connectivity index (χ4v) is 6.55. The van der Waals surface area contributed by atoms with Crippen LogP contribution in [-0.4, -0.2) is 79.9 Å². The molecule has 6 rings (SSSR count). The van der Waals surface area contributed by atoms with Crippen LogP contribution in [0, 0.1) is 0 Å². The maximum absolute atomic E-state index is 12.7. The van der Waals surface area contributed by atoms with Gasteiger partial charge in [-0.2, -0.15) is 0 Å². The Kier molecular flexibility index (Phi) is 11.4. The van der Waals surface area contributed by atoms with Crippen molar-refractivity contribution in [3.05, 3.63) is 107 Å². The van der Waals surface area contributed by atoms with E-state index in [9.17, 15) is 14.7 Å². The number of methoxy groups -OCH3 is 1. The second-order valence-corrected chi connectivity index (χ2v) is 12.6. The maximum Gasteiger partial charge on any atom is 0.328 e. The first-order valence-electron chi connectivity index (χ1n) is 16.7. The molecule has 3 aliphatic rings. The van der Waals surface area contributed by atoms with E-state index in [0.717, 1.165) is 60.3 Å². The van der Waals surface area contributed by atoms with Crippen LogP contribution in [0.2, 0.25) is 0 Å². The third kappa shape index (κ3) is 8.79. The standard InChI is InChI=1S/C37H45N3O8/c1-44-34(42)32(21-26-5-3-2-4-6-26)39-36(43)38-23-27-7-13-30(14-8-27)35-47-31(22-33(48-35)29-11-9-28(25-41)10-12-29)24-40-17-15-37(16-18-40)45-19-20-46-37/h2-14,31-33,35,41H,15-25H2,1H3,(H2,38,39,43). The van der Waals surface area contributed by atoms with E-state index in [1.807, 2.05) is 78.9 Å². The summed E-state index contributed by atoms with van der Waals surface area (Å²) in [4.78, 5) is 27.5. The smallest absolute Gasteiger partial charge is 0.328 e. The van der Waals surface area contributed by atoms with Crippen LogP contribution >= 0.6 is 0 Å². The van der Waals surface area contributed by atoms with Gasteiger partial charge in [0.1, 0.15) is 6.04 Å². The number of carbonyl (C=O) groups is 2. The fraction of sp³-hybridized carbons (Fsp3) is 0.459. The molecule has 0 radical (unpaired) electrons. The number of hydrogen-bond donors (Lipinski definition) is 3. The highest BCUT2D eigenvalue weighted by atomic mass is 16.7. The van der Waals surface area contributed by atoms with E-state index >= 15 is 0 Å². The number of ether oxygens (including phenoxy) is 5. The van der Waals surface area contributed by atoms with E-state index in [-0.39, 0.29) is 25.4 Å². The molecular weight excluding hydrogens is 614 g/mol. The molecule has 1 spiro atoms. The van der Waals surface area contributed by atoms with Gasteiger partial charge in [-0.3, -0.25) is 0 Å². The molecule has 0 aliphatic carbocycles. The van der Waals surface area contributed by atoms with Gasteiger partial charge in [-0.1, -0.05) is 78.9 Å². The van der Waals surface area contributed by atoms with Gasteiger partial charge >= 0.3 is 12.0 Å². The van der Waals surface area contributed by atoms with E-state index < -0.39 is 30.1 Å². The first-order valence-corrected chi connectivity index (χ1v) is 16.7. The largest absolute Gasteiger partial charge is 0.467 e. The molecule has 48 heavy (non-hydrogen) atoms. The quantitative estimate of drug-likeness (QED) is 0.260. The molecular formula is C37H45N3O8. The van der Waals surface area contributed by atoms with Crippen LogP contribution in [-0.2, 0) is 48.1 Å². The molecule has 3 N–H and O–H groups in total. The number of rotatable bonds is 11. The molecule has 11 heteroatoms. The number of urea groups is 1. The summed E-state index contributed by atoms with van der Waals surface area (Å²) in [6.07, 6.45) is 1.90. The van der Waals surface area contributed by atoms with Gasteiger partial charge in [0.2, 0.25) is 0 Å². The zero-order valence-corrected chi connectivity index (χ0v) is 27.3. The van der Waals surface area contributed by atoms with Crippen LogP contribution in [0.25, 0.3) is 0 Å². The monoisotopic (exact) mass is 659 g/mol. The summed E-state index contributed by atoms with van der Waals surface area (Å²) in [5.41, 5.74) is 4.57. The number of carbonyl (C=O) groups excluding carboxylic acids is 2. The second-order valence-electron chi connectivity index (χ2n) is 12.6. The van der Waals surface area contributed by atoms with Crippen LogP contribution in [0.1, 0.15) is 59.5 Å². The number of nitrogens with one attached hydrogen (secondary N) is 2. The summed E-state index contributed by atoms with van der Waals surface area (Å²) in [7, 11) is 1.31. The third-order valence-electron chi connectivity index (χ3n) is 9.29. The molecule has 3 aromatic rings. The summed E-state index contributed by atoms with van der Waals surface area (Å²) in [5, 5.41) is 15.1. The topological polar surface area (TPSA) is 128 Å². The lowest BCUT2D eigenvalue weighted by molar-refractivity contribution is -0.255. The number of esters is 1. The van der Waals surface area contributed by atoms with Gasteiger partial charge in [0, 0.05) is 57.4 Å². The SMILES string of the molecule is COC(=O)C(Cc1ccccc1)NC(=O)NCc1ccc(C2OC(CN3CCC4(CC3)OCCO4)CC(c3ccc(CO)cc3)O2)cc1. The van der Waals surface area contributed by atoms with Crippen LogP contribution in [0.15, 0.2) is 78.9 Å². The molecule has 256 valence electrons. The highest BCUT2D eigenvalue weighted by molar-refractivity contribution is 5.83. The zero-order valence-electron chi connectivity index (χ0n) is 27.3. The van der Waals surface area contributed by atoms with Crippen molar-refractivity contribution in [3.63, 3.8) is 0 Å². The van der Waals surface area contributed by atoms with Crippen molar-refractivity contribution in [2.45, 2.75) is 69.2 Å². The Morgan fingerprint density at radius 3 is 2.23 bits per heavy atom. The molecule has 4 unspecified atom stereocenters. The predicted molar refractivity (Wildman–Crippen MR) is 176 cm³/mol. The van der Waals surface area contributed by atoms with Crippen LogP contribution in [0.4, 0.5) is 4.79 Å². The summed E-state index contributed by atoms with van der Waals surface area (Å²) >= 11 is 0. The average Bonchev–Trinajstić information content (AvgIpc) is 3.59. The van der Waals surface area contributed by atoms with Gasteiger partial charge in [-0.05, 0) is 22.3 Å². The molecule has 11 nitrogen and oxygen atoms in total. The highest BCUT2D eigenvalue weighted by Gasteiger charge is 2.41. The molecule has 3 aliphatic heterocycles. The number of hydrogen-bond acceptors (Lipinski definition) is 9. The Morgan fingerprint density at radius 1 is 0.896 bits per heavy atom. The van der Waals surface area contributed by atoms with Crippen molar-refractivity contribution in [1.29, 1.82) is 0 Å². The summed E-state index contributed by atoms with van der Waals surface area (Å²) < 4.78 is 29.8. The molecule has 0 bridgehead atoms. The number of benzene rings is 3. The Bertz CT molecular complexity index is 1470. The molecule has 3 fully saturated rings. The van der Waals surface area contributed by atoms with Gasteiger partial charge < -0.3 is 44.3 Å². The lowest BCUT2D eigenvalue weighted by atomic mass is 9.98. The van der Waals surface area contributed by atoms with Crippen molar-refractivity contribution in [1.82, 2.24) is 15.5 Å². The lowest BCUT2D eigenvalue weighted by Gasteiger charge is -2.41. The van der Waals surface area contributed by atoms with Crippen LogP contribution < -0.4 is 10.6 Å². The van der Waals surface area contributed by atoms with Crippen molar-refractivity contribution >= 4 is 12.0 Å². The van der Waals surface area contributed by atoms with E-state index in [1.165, 1.54) is 7.11 Å². The van der Waals surface area contributed by atoms with Crippen LogP contribution in [0.3, 0.4) is 0 Å². The summed E-state index contributed by atoms with van der Waals surface area (Å²) in [6.45, 7) is 4.11. The summed E-state index contributed by atoms with van der Waals surface area (Å²) in [6, 6.07) is 23.9. The first-order chi connectivity index (χ1) is 23.4. The Labute approximate surface area is 281 Å². The van der Waals surface area contributed by atoms with Gasteiger partial charge in [-0.25, -0.2) is 9.59 Å². The van der Waals surface area contributed by atoms with E-state index in [2.05, 4.69) is 15.5 Å². The minimum atomic E-state index is -0.809. The third-order valence-corrected chi connectivity index (χ3v) is 9.29. The van der Waals surface area contributed by atoms with Gasteiger partial charge in [0.25, 0.3) is 0 Å². The zero-order chi connectivity index (χ0) is 33.3. The van der Waals surface area contributed by atoms with Gasteiger partial charge in [-0.15, -0.1) is 0 Å². The molecule has 0 aromatic heterocycles. The number of aliphatic hydroxyl groups is 1. The van der Waals surface area contributed by atoms with E-state index in [1.54, 1.807) is 0 Å². The number of amides is 2. The minimum absolute atomic E-state index is 0.00748. The van der Waals surface area contributed by atoms with Gasteiger partial charge in [0.15, 0.2) is 12.1 Å². The number of aliphatic hydroxyl groups excluding tert-OH is 1. The second kappa shape index (κ2) is 16.0. The lowest BCUT2D eigenvalue weighted by Crippen LogP contribution is -2.48. The van der Waals surface area contributed by atoms with Crippen molar-refractivity contribution < 1.29 is 38.4 Å². The summed E-state index contributed by atoms with van der Waals surface area (Å²) in [5.74, 6) is -0.928. The van der Waals surface area contributed by atoms with E-state index in [0.29, 0.717) is 26.1 Å². The molecule has 3 heterocycles. The van der Waals surface area contributed by atoms with Crippen LogP contribution in [0.5, 0.6) is 0 Å². The highest BCUT2D eigenvalue weighted by Crippen LogP contribution is 2.39. The Morgan fingerprint density at radius 2 is 1.56 bits per heavy atom. The molecule has 0 saturated carbocycles. The Hall–Kier alpha value is -3.84. The predicted octanol–water partition coefficient (Wildman–Crippen LogP) is 4.15. The normalized spacial score (nSPS) is 23.0. The van der Waals surface area contributed by atoms with Gasteiger partial charge in [0.05, 0.1) is 39.1 Å².